The van der Waals surface area contributed by atoms with E-state index >= 15 is 0 Å². The Morgan fingerprint density at radius 1 is 1.11 bits per heavy atom. The van der Waals surface area contributed by atoms with Crippen molar-refractivity contribution >= 4 is 5.97 Å². The lowest BCUT2D eigenvalue weighted by molar-refractivity contribution is 0.0599. The van der Waals surface area contributed by atoms with E-state index in [4.69, 9.17) is 9.84 Å². The maximum absolute atomic E-state index is 12.0. The molecule has 3 heterocycles. The molecular weight excluding hydrogens is 352 g/mol. The van der Waals surface area contributed by atoms with Crippen molar-refractivity contribution in [2.24, 2.45) is 0 Å². The second-order valence-corrected chi connectivity index (χ2v) is 8.11. The fraction of sp³-hybridized carbons (Fsp3) is 0.591. The first-order chi connectivity index (χ1) is 13.7. The van der Waals surface area contributed by atoms with Gasteiger partial charge >= 0.3 is 5.97 Å². The van der Waals surface area contributed by atoms with Gasteiger partial charge in [-0.15, -0.1) is 0 Å². The van der Waals surface area contributed by atoms with E-state index in [2.05, 4.69) is 21.5 Å². The van der Waals surface area contributed by atoms with Gasteiger partial charge in [0, 0.05) is 37.1 Å². The Balaban J connectivity index is 1.48. The van der Waals surface area contributed by atoms with Crippen molar-refractivity contribution in [1.82, 2.24) is 19.7 Å². The van der Waals surface area contributed by atoms with Gasteiger partial charge in [-0.3, -0.25) is 9.67 Å². The standard InChI is InChI=1S/C22H30N4O2/c1-16-17(13-18-14-23-10-8-21(18)22(27)28-2)15-24-26(16)20-7-4-11-25(12-9-20)19-5-3-6-19/h8,10,14-15,19-20H,3-7,9,11-13H2,1-2H3/t20-/m0/s1. The summed E-state index contributed by atoms with van der Waals surface area (Å²) < 4.78 is 7.13. The summed E-state index contributed by atoms with van der Waals surface area (Å²) in [6.07, 6.45) is 13.7. The summed E-state index contributed by atoms with van der Waals surface area (Å²) in [5, 5.41) is 4.74. The molecule has 1 saturated carbocycles. The molecule has 6 nitrogen and oxygen atoms in total. The van der Waals surface area contributed by atoms with Crippen LogP contribution in [0.1, 0.15) is 71.7 Å². The quantitative estimate of drug-likeness (QED) is 0.740. The molecular formula is C22H30N4O2. The van der Waals surface area contributed by atoms with Crippen molar-refractivity contribution < 1.29 is 9.53 Å². The van der Waals surface area contributed by atoms with Gasteiger partial charge in [-0.1, -0.05) is 6.42 Å². The zero-order valence-corrected chi connectivity index (χ0v) is 16.9. The van der Waals surface area contributed by atoms with Gasteiger partial charge in [0.15, 0.2) is 0 Å². The molecule has 2 aliphatic rings. The van der Waals surface area contributed by atoms with Crippen LogP contribution in [-0.2, 0) is 11.2 Å². The van der Waals surface area contributed by atoms with Crippen LogP contribution < -0.4 is 0 Å². The molecule has 0 N–H and O–H groups in total. The third-order valence-electron chi connectivity index (χ3n) is 6.51. The largest absolute Gasteiger partial charge is 0.465 e. The minimum absolute atomic E-state index is 0.317. The molecule has 0 amide bonds. The smallest absolute Gasteiger partial charge is 0.338 e. The Morgan fingerprint density at radius 3 is 2.68 bits per heavy atom. The van der Waals surface area contributed by atoms with Crippen LogP contribution in [0.25, 0.3) is 0 Å². The van der Waals surface area contributed by atoms with Gasteiger partial charge in [-0.2, -0.15) is 5.10 Å². The van der Waals surface area contributed by atoms with Crippen LogP contribution in [0.2, 0.25) is 0 Å². The number of likely N-dealkylation sites (tertiary alicyclic amines) is 1. The van der Waals surface area contributed by atoms with Crippen molar-refractivity contribution in [3.63, 3.8) is 0 Å². The zero-order chi connectivity index (χ0) is 19.5. The minimum atomic E-state index is -0.317. The molecule has 1 saturated heterocycles. The van der Waals surface area contributed by atoms with E-state index < -0.39 is 0 Å². The predicted molar refractivity (Wildman–Crippen MR) is 107 cm³/mol. The number of carbonyl (C=O) groups is 1. The van der Waals surface area contributed by atoms with E-state index in [1.165, 1.54) is 64.4 Å². The van der Waals surface area contributed by atoms with Crippen LogP contribution in [0.4, 0.5) is 0 Å². The van der Waals surface area contributed by atoms with Gasteiger partial charge < -0.3 is 9.64 Å². The highest BCUT2D eigenvalue weighted by Crippen LogP contribution is 2.31. The zero-order valence-electron chi connectivity index (χ0n) is 16.9. The number of methoxy groups -OCH3 is 1. The Hall–Kier alpha value is -2.21. The van der Waals surface area contributed by atoms with Gasteiger partial charge in [-0.25, -0.2) is 4.79 Å². The first-order valence-corrected chi connectivity index (χ1v) is 10.5. The van der Waals surface area contributed by atoms with Crippen molar-refractivity contribution in [3.05, 3.63) is 47.0 Å². The number of hydrogen-bond donors (Lipinski definition) is 0. The topological polar surface area (TPSA) is 60.2 Å². The van der Waals surface area contributed by atoms with E-state index in [0.717, 1.165) is 17.2 Å². The summed E-state index contributed by atoms with van der Waals surface area (Å²) in [7, 11) is 1.41. The maximum Gasteiger partial charge on any atom is 0.338 e. The van der Waals surface area contributed by atoms with Crippen LogP contribution in [0.5, 0.6) is 0 Å². The molecule has 2 fully saturated rings. The second-order valence-electron chi connectivity index (χ2n) is 8.11. The highest BCUT2D eigenvalue weighted by atomic mass is 16.5. The first-order valence-electron chi connectivity index (χ1n) is 10.5. The number of rotatable bonds is 5. The maximum atomic E-state index is 12.0. The summed E-state index contributed by atoms with van der Waals surface area (Å²) in [4.78, 5) is 18.9. The number of pyridine rings is 1. The Morgan fingerprint density at radius 2 is 1.93 bits per heavy atom. The van der Waals surface area contributed by atoms with Crippen LogP contribution in [-0.4, -0.2) is 51.9 Å². The lowest BCUT2D eigenvalue weighted by atomic mass is 9.91. The molecule has 0 unspecified atom stereocenters. The van der Waals surface area contributed by atoms with E-state index in [0.29, 0.717) is 18.0 Å². The molecule has 2 aromatic heterocycles. The van der Waals surface area contributed by atoms with Gasteiger partial charge in [0.2, 0.25) is 0 Å². The third-order valence-corrected chi connectivity index (χ3v) is 6.51. The third kappa shape index (κ3) is 3.83. The monoisotopic (exact) mass is 382 g/mol. The highest BCUT2D eigenvalue weighted by molar-refractivity contribution is 5.90. The van der Waals surface area contributed by atoms with Crippen LogP contribution in [0.3, 0.4) is 0 Å². The average molecular weight is 383 g/mol. The molecule has 28 heavy (non-hydrogen) atoms. The van der Waals surface area contributed by atoms with Gasteiger partial charge in [-0.05, 0) is 62.8 Å². The molecule has 1 atom stereocenters. The number of carbonyl (C=O) groups excluding carboxylic acids is 1. The molecule has 1 aliphatic carbocycles. The number of esters is 1. The lowest BCUT2D eigenvalue weighted by Crippen LogP contribution is -2.40. The van der Waals surface area contributed by atoms with Crippen molar-refractivity contribution in [1.29, 1.82) is 0 Å². The molecule has 0 spiro atoms. The molecule has 1 aliphatic heterocycles. The lowest BCUT2D eigenvalue weighted by Gasteiger charge is -2.36. The fourth-order valence-corrected chi connectivity index (χ4v) is 4.55. The van der Waals surface area contributed by atoms with E-state index in [1.54, 1.807) is 18.5 Å². The number of aromatic nitrogens is 3. The Bertz CT molecular complexity index is 828. The Labute approximate surface area is 166 Å². The van der Waals surface area contributed by atoms with Crippen LogP contribution >= 0.6 is 0 Å². The van der Waals surface area contributed by atoms with E-state index in [9.17, 15) is 4.79 Å². The molecule has 150 valence electrons. The first kappa shape index (κ1) is 19.1. The predicted octanol–water partition coefficient (Wildman–Crippen LogP) is 3.54. The molecule has 6 heteroatoms. The SMILES string of the molecule is COC(=O)c1ccncc1Cc1cnn([C@H]2CCCN(C3CCC3)CC2)c1C. The molecule has 4 rings (SSSR count). The molecule has 0 radical (unpaired) electrons. The average Bonchev–Trinajstić information content (AvgIpc) is 2.88. The van der Waals surface area contributed by atoms with E-state index in [-0.39, 0.29) is 5.97 Å². The summed E-state index contributed by atoms with van der Waals surface area (Å²) in [5.41, 5.74) is 3.81. The van der Waals surface area contributed by atoms with Gasteiger partial charge in [0.1, 0.15) is 0 Å². The van der Waals surface area contributed by atoms with Crippen molar-refractivity contribution in [2.45, 2.75) is 64.0 Å². The summed E-state index contributed by atoms with van der Waals surface area (Å²) >= 11 is 0. The van der Waals surface area contributed by atoms with Gasteiger partial charge in [0.05, 0.1) is 24.9 Å². The Kier molecular flexibility index (Phi) is 5.76. The molecule has 0 bridgehead atoms. The summed E-state index contributed by atoms with van der Waals surface area (Å²) in [6.45, 7) is 4.55. The fourth-order valence-electron chi connectivity index (χ4n) is 4.55. The van der Waals surface area contributed by atoms with E-state index in [1.807, 2.05) is 6.20 Å². The highest BCUT2D eigenvalue weighted by Gasteiger charge is 2.28. The van der Waals surface area contributed by atoms with Crippen molar-refractivity contribution in [3.8, 4) is 0 Å². The molecule has 2 aromatic rings. The number of nitrogens with zero attached hydrogens (tertiary/aromatic N) is 4. The summed E-state index contributed by atoms with van der Waals surface area (Å²) in [5.74, 6) is -0.317. The second kappa shape index (κ2) is 8.43. The number of hydrogen-bond acceptors (Lipinski definition) is 5. The van der Waals surface area contributed by atoms with Gasteiger partial charge in [0.25, 0.3) is 0 Å². The van der Waals surface area contributed by atoms with Crippen LogP contribution in [0.15, 0.2) is 24.7 Å². The van der Waals surface area contributed by atoms with Crippen molar-refractivity contribution in [2.75, 3.05) is 20.2 Å². The number of ether oxygens (including phenoxy) is 1. The normalized spacial score (nSPS) is 21.1. The molecule has 0 aromatic carbocycles. The van der Waals surface area contributed by atoms with Crippen LogP contribution in [0, 0.1) is 6.92 Å². The summed E-state index contributed by atoms with van der Waals surface area (Å²) in [6, 6.07) is 3.02. The minimum Gasteiger partial charge on any atom is -0.465 e.